The maximum Gasteiger partial charge on any atom is 0.243 e. The van der Waals surface area contributed by atoms with E-state index < -0.39 is 0 Å². The zero-order valence-electron chi connectivity index (χ0n) is 17.2. The highest BCUT2D eigenvalue weighted by atomic mass is 16.5. The Morgan fingerprint density at radius 2 is 2.00 bits per heavy atom. The van der Waals surface area contributed by atoms with Gasteiger partial charge in [0.2, 0.25) is 5.91 Å². The summed E-state index contributed by atoms with van der Waals surface area (Å²) in [6, 6.07) is 18.5. The second-order valence-corrected chi connectivity index (χ2v) is 8.85. The molecule has 1 amide bonds. The molecule has 4 heterocycles. The van der Waals surface area contributed by atoms with Gasteiger partial charge in [0.25, 0.3) is 0 Å². The van der Waals surface area contributed by atoms with Crippen molar-refractivity contribution in [2.24, 2.45) is 5.92 Å². The van der Waals surface area contributed by atoms with Crippen LogP contribution in [-0.2, 0) is 11.3 Å². The minimum absolute atomic E-state index is 0.197. The summed E-state index contributed by atoms with van der Waals surface area (Å²) in [6.07, 6.45) is 3.01. The van der Waals surface area contributed by atoms with Gasteiger partial charge in [-0.25, -0.2) is 0 Å². The molecule has 6 rings (SSSR count). The predicted molar refractivity (Wildman–Crippen MR) is 114 cm³/mol. The van der Waals surface area contributed by atoms with E-state index in [0.717, 1.165) is 60.4 Å². The molecule has 3 fully saturated rings. The van der Waals surface area contributed by atoms with Gasteiger partial charge in [-0.3, -0.25) is 9.69 Å². The van der Waals surface area contributed by atoms with Crippen molar-refractivity contribution in [2.45, 2.75) is 37.4 Å². The third-order valence-electron chi connectivity index (χ3n) is 7.45. The number of furan rings is 1. The Kier molecular flexibility index (Phi) is 3.97. The molecular formula is C25H26N2O3. The molecular weight excluding hydrogens is 376 g/mol. The quantitative estimate of drug-likeness (QED) is 0.650. The van der Waals surface area contributed by atoms with E-state index in [9.17, 15) is 4.79 Å². The smallest absolute Gasteiger partial charge is 0.243 e. The molecule has 5 heteroatoms. The summed E-state index contributed by atoms with van der Waals surface area (Å²) >= 11 is 0. The zero-order chi connectivity index (χ0) is 20.3. The lowest BCUT2D eigenvalue weighted by Crippen LogP contribution is -2.49. The summed E-state index contributed by atoms with van der Waals surface area (Å²) in [5.41, 5.74) is 1.65. The van der Waals surface area contributed by atoms with Crippen LogP contribution >= 0.6 is 0 Å². The fourth-order valence-electron chi connectivity index (χ4n) is 6.19. The zero-order valence-corrected chi connectivity index (χ0v) is 17.2. The van der Waals surface area contributed by atoms with Crippen molar-refractivity contribution in [3.8, 4) is 5.75 Å². The summed E-state index contributed by atoms with van der Waals surface area (Å²) in [7, 11) is 1.69. The van der Waals surface area contributed by atoms with Crippen LogP contribution in [0.1, 0.15) is 36.6 Å². The van der Waals surface area contributed by atoms with Crippen molar-refractivity contribution >= 4 is 16.9 Å². The van der Waals surface area contributed by atoms with E-state index in [1.807, 2.05) is 36.4 Å². The normalized spacial score (nSPS) is 28.3. The number of nitrogens with zero attached hydrogens (tertiary/aromatic N) is 2. The van der Waals surface area contributed by atoms with Gasteiger partial charge in [-0.05, 0) is 37.5 Å². The SMILES string of the molecule is COc1ccccc1CN1C[C@@H]2C[C@@H](c3cc4ccccc4o3)N3CCC[C@@]23C1=O. The Labute approximate surface area is 176 Å². The second-order valence-electron chi connectivity index (χ2n) is 8.85. The average molecular weight is 402 g/mol. The van der Waals surface area contributed by atoms with E-state index in [1.165, 1.54) is 0 Å². The lowest BCUT2D eigenvalue weighted by atomic mass is 9.85. The summed E-state index contributed by atoms with van der Waals surface area (Å²) in [4.78, 5) is 18.3. The van der Waals surface area contributed by atoms with Gasteiger partial charge in [-0.15, -0.1) is 0 Å². The molecule has 3 aliphatic heterocycles. The number of methoxy groups -OCH3 is 1. The number of para-hydroxylation sites is 2. The van der Waals surface area contributed by atoms with Crippen LogP contribution in [0, 0.1) is 5.92 Å². The number of amides is 1. The van der Waals surface area contributed by atoms with E-state index >= 15 is 0 Å². The van der Waals surface area contributed by atoms with Gasteiger partial charge in [-0.2, -0.15) is 0 Å². The van der Waals surface area contributed by atoms with Gasteiger partial charge in [0.05, 0.1) is 13.2 Å². The van der Waals surface area contributed by atoms with Crippen molar-refractivity contribution in [3.05, 3.63) is 65.9 Å². The molecule has 0 saturated carbocycles. The first-order valence-corrected chi connectivity index (χ1v) is 10.9. The maximum atomic E-state index is 13.8. The molecule has 30 heavy (non-hydrogen) atoms. The van der Waals surface area contributed by atoms with Gasteiger partial charge in [0, 0.05) is 36.5 Å². The van der Waals surface area contributed by atoms with Crippen LogP contribution in [0.2, 0.25) is 0 Å². The lowest BCUT2D eigenvalue weighted by Gasteiger charge is -2.32. The molecule has 0 radical (unpaired) electrons. The maximum absolute atomic E-state index is 13.8. The summed E-state index contributed by atoms with van der Waals surface area (Å²) in [5.74, 6) is 2.49. The fraction of sp³-hybridized carbons (Fsp3) is 0.400. The van der Waals surface area contributed by atoms with Crippen molar-refractivity contribution < 1.29 is 13.9 Å². The van der Waals surface area contributed by atoms with Gasteiger partial charge < -0.3 is 14.1 Å². The monoisotopic (exact) mass is 402 g/mol. The van der Waals surface area contributed by atoms with Crippen molar-refractivity contribution in [3.63, 3.8) is 0 Å². The van der Waals surface area contributed by atoms with Crippen LogP contribution < -0.4 is 4.74 Å². The molecule has 2 aromatic carbocycles. The van der Waals surface area contributed by atoms with Gasteiger partial charge in [0.1, 0.15) is 22.6 Å². The predicted octanol–water partition coefficient (Wildman–Crippen LogP) is 4.38. The Balaban J connectivity index is 1.31. The van der Waals surface area contributed by atoms with Crippen LogP contribution in [0.15, 0.2) is 59.0 Å². The Bertz CT molecular complexity index is 1090. The van der Waals surface area contributed by atoms with E-state index in [-0.39, 0.29) is 17.5 Å². The van der Waals surface area contributed by atoms with Gasteiger partial charge in [0.15, 0.2) is 0 Å². The number of benzene rings is 2. The van der Waals surface area contributed by atoms with Crippen molar-refractivity contribution in [2.75, 3.05) is 20.2 Å². The number of likely N-dealkylation sites (tertiary alicyclic amines) is 1. The summed E-state index contributed by atoms with van der Waals surface area (Å²) < 4.78 is 11.7. The van der Waals surface area contributed by atoms with Crippen LogP contribution in [0.5, 0.6) is 5.75 Å². The number of carbonyl (C=O) groups is 1. The summed E-state index contributed by atoms with van der Waals surface area (Å²) in [6.45, 7) is 2.39. The largest absolute Gasteiger partial charge is 0.496 e. The Hall–Kier alpha value is -2.79. The molecule has 3 saturated heterocycles. The molecule has 1 spiro atoms. The topological polar surface area (TPSA) is 45.9 Å². The molecule has 3 aliphatic rings. The van der Waals surface area contributed by atoms with Crippen LogP contribution in [0.25, 0.3) is 11.0 Å². The molecule has 1 aromatic heterocycles. The number of rotatable bonds is 4. The van der Waals surface area contributed by atoms with E-state index in [0.29, 0.717) is 12.5 Å². The van der Waals surface area contributed by atoms with Crippen molar-refractivity contribution in [1.82, 2.24) is 9.80 Å². The standard InChI is InChI=1S/C25H26N2O3/c1-29-21-9-4-3-8-18(21)15-26-16-19-14-20(27-12-6-11-25(19,27)24(26)28)23-13-17-7-2-5-10-22(17)30-23/h2-5,7-10,13,19-20H,6,11-12,14-16H2,1H3/t19-,20-,25-/m0/s1. The fourth-order valence-corrected chi connectivity index (χ4v) is 6.19. The van der Waals surface area contributed by atoms with E-state index in [1.54, 1.807) is 7.11 Å². The minimum Gasteiger partial charge on any atom is -0.496 e. The third-order valence-corrected chi connectivity index (χ3v) is 7.45. The van der Waals surface area contributed by atoms with Crippen LogP contribution in [0.3, 0.4) is 0 Å². The minimum atomic E-state index is -0.355. The molecule has 3 atom stereocenters. The first-order chi connectivity index (χ1) is 14.7. The van der Waals surface area contributed by atoms with E-state index in [4.69, 9.17) is 9.15 Å². The molecule has 0 bridgehead atoms. The van der Waals surface area contributed by atoms with Crippen LogP contribution in [-0.4, -0.2) is 41.4 Å². The molecule has 0 unspecified atom stereocenters. The number of ether oxygens (including phenoxy) is 1. The first kappa shape index (κ1) is 18.0. The highest BCUT2D eigenvalue weighted by Gasteiger charge is 2.65. The van der Waals surface area contributed by atoms with Gasteiger partial charge >= 0.3 is 0 Å². The lowest BCUT2D eigenvalue weighted by molar-refractivity contribution is -0.137. The molecule has 154 valence electrons. The molecule has 3 aromatic rings. The third kappa shape index (κ3) is 2.42. The van der Waals surface area contributed by atoms with Gasteiger partial charge in [-0.1, -0.05) is 36.4 Å². The average Bonchev–Trinajstić information content (AvgIpc) is 3.50. The highest BCUT2D eigenvalue weighted by Crippen LogP contribution is 2.56. The molecule has 5 nitrogen and oxygen atoms in total. The van der Waals surface area contributed by atoms with Crippen molar-refractivity contribution in [1.29, 1.82) is 0 Å². The highest BCUT2D eigenvalue weighted by molar-refractivity contribution is 5.90. The summed E-state index contributed by atoms with van der Waals surface area (Å²) in [5, 5.41) is 1.14. The number of carbonyl (C=O) groups excluding carboxylic acids is 1. The van der Waals surface area contributed by atoms with Crippen LogP contribution in [0.4, 0.5) is 0 Å². The number of hydrogen-bond donors (Lipinski definition) is 0. The first-order valence-electron chi connectivity index (χ1n) is 10.9. The number of hydrogen-bond acceptors (Lipinski definition) is 4. The number of fused-ring (bicyclic) bond motifs is 1. The van der Waals surface area contributed by atoms with E-state index in [2.05, 4.69) is 28.0 Å². The second kappa shape index (κ2) is 6.61. The Morgan fingerprint density at radius 1 is 1.17 bits per heavy atom. The molecule has 0 aliphatic carbocycles. The molecule has 0 N–H and O–H groups in total. The Morgan fingerprint density at radius 3 is 2.87 bits per heavy atom.